The molecule has 11 nitrogen and oxygen atoms in total. The molecule has 1 saturated heterocycles. The van der Waals surface area contributed by atoms with Gasteiger partial charge < -0.3 is 23.9 Å². The Balaban J connectivity index is 1.48. The van der Waals surface area contributed by atoms with Crippen LogP contribution < -0.4 is 10.6 Å². The number of aryl methyl sites for hydroxylation is 2. The van der Waals surface area contributed by atoms with Gasteiger partial charge in [-0.3, -0.25) is 14.9 Å². The molecular formula is C19H25N5O6. The zero-order chi connectivity index (χ0) is 21.7. The Morgan fingerprint density at radius 3 is 2.63 bits per heavy atom. The van der Waals surface area contributed by atoms with E-state index in [4.69, 9.17) is 13.7 Å². The Hall–Kier alpha value is -3.37. The fourth-order valence-corrected chi connectivity index (χ4v) is 3.19. The molecule has 11 heteroatoms. The second-order valence-corrected chi connectivity index (χ2v) is 7.00. The van der Waals surface area contributed by atoms with E-state index >= 15 is 0 Å². The Labute approximate surface area is 173 Å². The number of likely N-dealkylation sites (tertiary alicyclic amines) is 1. The van der Waals surface area contributed by atoms with Crippen molar-refractivity contribution in [2.24, 2.45) is 0 Å². The first-order valence-corrected chi connectivity index (χ1v) is 9.77. The van der Waals surface area contributed by atoms with Crippen LogP contribution in [0.15, 0.2) is 15.2 Å². The summed E-state index contributed by atoms with van der Waals surface area (Å²) in [6.07, 6.45) is 2.14. The van der Waals surface area contributed by atoms with Gasteiger partial charge in [0.1, 0.15) is 12.0 Å². The van der Waals surface area contributed by atoms with E-state index in [9.17, 15) is 14.4 Å². The summed E-state index contributed by atoms with van der Waals surface area (Å²) in [5, 5.41) is 9.20. The van der Waals surface area contributed by atoms with E-state index in [-0.39, 0.29) is 36.2 Å². The van der Waals surface area contributed by atoms with Crippen LogP contribution in [0, 0.1) is 13.8 Å². The summed E-state index contributed by atoms with van der Waals surface area (Å²) in [4.78, 5) is 42.0. The van der Waals surface area contributed by atoms with Gasteiger partial charge in [0.15, 0.2) is 5.69 Å². The number of anilines is 1. The summed E-state index contributed by atoms with van der Waals surface area (Å²) in [6, 6.07) is -0.147. The van der Waals surface area contributed by atoms with Gasteiger partial charge in [-0.1, -0.05) is 5.16 Å². The van der Waals surface area contributed by atoms with Crippen LogP contribution in [0.3, 0.4) is 0 Å². The van der Waals surface area contributed by atoms with Gasteiger partial charge >= 0.3 is 12.1 Å². The lowest BCUT2D eigenvalue weighted by Crippen LogP contribution is -2.46. The van der Waals surface area contributed by atoms with Crippen LogP contribution in [0.1, 0.15) is 47.3 Å². The Bertz CT molecular complexity index is 893. The number of ether oxygens (including phenoxy) is 1. The standard InChI is InChI=1S/C19H25N5O6/c1-4-28-19(27)24-7-5-13(6-8-24)20-17(26)15-10-29-18(21-15)22-16(25)9-14-11(2)23-30-12(14)3/h10,13H,4-9H2,1-3H3,(H,20,26)(H,21,22,25). The van der Waals surface area contributed by atoms with Gasteiger partial charge in [0, 0.05) is 24.7 Å². The molecule has 1 fully saturated rings. The molecule has 3 heterocycles. The molecule has 0 unspecified atom stereocenters. The average Bonchev–Trinajstić information content (AvgIpc) is 3.30. The number of piperidine rings is 1. The number of carbonyl (C=O) groups is 3. The summed E-state index contributed by atoms with van der Waals surface area (Å²) in [6.45, 7) is 6.59. The largest absolute Gasteiger partial charge is 0.450 e. The first-order chi connectivity index (χ1) is 14.4. The van der Waals surface area contributed by atoms with Crippen molar-refractivity contribution in [2.75, 3.05) is 25.0 Å². The van der Waals surface area contributed by atoms with Gasteiger partial charge in [0.05, 0.1) is 18.7 Å². The number of carbonyl (C=O) groups excluding carboxylic acids is 3. The molecule has 162 valence electrons. The molecule has 0 atom stereocenters. The van der Waals surface area contributed by atoms with Gasteiger partial charge in [-0.05, 0) is 33.6 Å². The van der Waals surface area contributed by atoms with Crippen LogP contribution in [-0.2, 0) is 16.0 Å². The maximum atomic E-state index is 12.4. The smallest absolute Gasteiger partial charge is 0.409 e. The maximum absolute atomic E-state index is 12.4. The lowest BCUT2D eigenvalue weighted by atomic mass is 10.1. The van der Waals surface area contributed by atoms with E-state index in [0.29, 0.717) is 49.6 Å². The molecule has 0 aliphatic carbocycles. The number of nitrogens with zero attached hydrogens (tertiary/aromatic N) is 3. The minimum absolute atomic E-state index is 0.0596. The zero-order valence-corrected chi connectivity index (χ0v) is 17.2. The molecule has 0 bridgehead atoms. The predicted octanol–water partition coefficient (Wildman–Crippen LogP) is 1.81. The highest BCUT2D eigenvalue weighted by atomic mass is 16.6. The van der Waals surface area contributed by atoms with Crippen molar-refractivity contribution in [3.8, 4) is 0 Å². The molecule has 3 rings (SSSR count). The van der Waals surface area contributed by atoms with Crippen molar-refractivity contribution in [3.63, 3.8) is 0 Å². The molecule has 0 saturated carbocycles. The van der Waals surface area contributed by atoms with Crippen LogP contribution in [0.25, 0.3) is 0 Å². The third-order valence-electron chi connectivity index (χ3n) is 4.86. The SMILES string of the molecule is CCOC(=O)N1CCC(NC(=O)c2coc(NC(=O)Cc3c(C)noc3C)n2)CC1. The molecule has 0 aromatic carbocycles. The number of oxazole rings is 1. The normalized spacial score (nSPS) is 14.4. The lowest BCUT2D eigenvalue weighted by molar-refractivity contribution is -0.115. The summed E-state index contributed by atoms with van der Waals surface area (Å²) < 4.78 is 15.2. The number of aromatic nitrogens is 2. The highest BCUT2D eigenvalue weighted by molar-refractivity contribution is 5.94. The topological polar surface area (TPSA) is 140 Å². The van der Waals surface area contributed by atoms with Crippen molar-refractivity contribution in [1.29, 1.82) is 0 Å². The molecule has 1 aliphatic heterocycles. The van der Waals surface area contributed by atoms with E-state index in [0.717, 1.165) is 0 Å². The summed E-state index contributed by atoms with van der Waals surface area (Å²) in [5.41, 5.74) is 1.41. The Morgan fingerprint density at radius 1 is 1.27 bits per heavy atom. The molecule has 1 aliphatic rings. The van der Waals surface area contributed by atoms with Crippen LogP contribution in [0.5, 0.6) is 0 Å². The number of nitrogens with one attached hydrogen (secondary N) is 2. The molecule has 2 aromatic heterocycles. The number of hydrogen-bond acceptors (Lipinski definition) is 8. The molecule has 30 heavy (non-hydrogen) atoms. The maximum Gasteiger partial charge on any atom is 0.409 e. The third-order valence-corrected chi connectivity index (χ3v) is 4.86. The summed E-state index contributed by atoms with van der Waals surface area (Å²) >= 11 is 0. The number of hydrogen-bond donors (Lipinski definition) is 2. The number of rotatable bonds is 6. The van der Waals surface area contributed by atoms with Crippen molar-refractivity contribution in [1.82, 2.24) is 20.4 Å². The lowest BCUT2D eigenvalue weighted by Gasteiger charge is -2.31. The fraction of sp³-hybridized carbons (Fsp3) is 0.526. The predicted molar refractivity (Wildman–Crippen MR) is 104 cm³/mol. The van der Waals surface area contributed by atoms with Crippen molar-refractivity contribution >= 4 is 23.9 Å². The van der Waals surface area contributed by atoms with Crippen LogP contribution in [-0.4, -0.2) is 58.7 Å². The molecule has 2 aromatic rings. The monoisotopic (exact) mass is 419 g/mol. The first kappa shape index (κ1) is 21.3. The summed E-state index contributed by atoms with van der Waals surface area (Å²) in [5.74, 6) is -0.187. The highest BCUT2D eigenvalue weighted by Gasteiger charge is 2.26. The third kappa shape index (κ3) is 5.16. The van der Waals surface area contributed by atoms with Crippen LogP contribution in [0.2, 0.25) is 0 Å². The minimum atomic E-state index is -0.403. The second kappa shape index (κ2) is 9.42. The van der Waals surface area contributed by atoms with E-state index in [1.54, 1.807) is 25.7 Å². The second-order valence-electron chi connectivity index (χ2n) is 7.00. The summed E-state index contributed by atoms with van der Waals surface area (Å²) in [7, 11) is 0. The van der Waals surface area contributed by atoms with Crippen molar-refractivity contribution < 1.29 is 28.1 Å². The van der Waals surface area contributed by atoms with E-state index < -0.39 is 5.91 Å². The Morgan fingerprint density at radius 2 is 2.00 bits per heavy atom. The van der Waals surface area contributed by atoms with Gasteiger partial charge in [-0.25, -0.2) is 4.79 Å². The number of amides is 3. The molecule has 2 N–H and O–H groups in total. The highest BCUT2D eigenvalue weighted by Crippen LogP contribution is 2.15. The molecular weight excluding hydrogens is 394 g/mol. The van der Waals surface area contributed by atoms with Crippen LogP contribution >= 0.6 is 0 Å². The molecule has 0 spiro atoms. The van der Waals surface area contributed by atoms with Crippen molar-refractivity contribution in [3.05, 3.63) is 29.0 Å². The van der Waals surface area contributed by atoms with Gasteiger partial charge in [0.25, 0.3) is 5.91 Å². The average molecular weight is 419 g/mol. The van der Waals surface area contributed by atoms with Gasteiger partial charge in [-0.15, -0.1) is 0 Å². The van der Waals surface area contributed by atoms with Crippen molar-refractivity contribution in [2.45, 2.75) is 46.1 Å². The van der Waals surface area contributed by atoms with E-state index in [2.05, 4.69) is 20.8 Å². The van der Waals surface area contributed by atoms with E-state index in [1.165, 1.54) is 6.26 Å². The minimum Gasteiger partial charge on any atom is -0.450 e. The van der Waals surface area contributed by atoms with Gasteiger partial charge in [0.2, 0.25) is 5.91 Å². The molecule has 0 radical (unpaired) electrons. The first-order valence-electron chi connectivity index (χ1n) is 9.77. The van der Waals surface area contributed by atoms with Gasteiger partial charge in [-0.2, -0.15) is 4.98 Å². The quantitative estimate of drug-likeness (QED) is 0.722. The fourth-order valence-electron chi connectivity index (χ4n) is 3.19. The zero-order valence-electron chi connectivity index (χ0n) is 17.2. The van der Waals surface area contributed by atoms with Crippen LogP contribution in [0.4, 0.5) is 10.8 Å². The Kier molecular flexibility index (Phi) is 6.70. The van der Waals surface area contributed by atoms with E-state index in [1.807, 2.05) is 0 Å². The molecule has 3 amide bonds.